The van der Waals surface area contributed by atoms with Crippen molar-refractivity contribution in [2.45, 2.75) is 31.6 Å². The Morgan fingerprint density at radius 2 is 1.95 bits per heavy atom. The van der Waals surface area contributed by atoms with Crippen LogP contribution in [0.5, 0.6) is 5.75 Å². The first-order chi connectivity index (χ1) is 9.65. The average Bonchev–Trinajstić information content (AvgIpc) is 2.95. The van der Waals surface area contributed by atoms with Crippen LogP contribution in [0.15, 0.2) is 24.3 Å². The lowest BCUT2D eigenvalue weighted by Gasteiger charge is -2.13. The van der Waals surface area contributed by atoms with Crippen LogP contribution in [0, 0.1) is 3.57 Å². The van der Waals surface area contributed by atoms with E-state index in [4.69, 9.17) is 16.6 Å². The molecule has 5 heteroatoms. The Labute approximate surface area is 136 Å². The van der Waals surface area contributed by atoms with Gasteiger partial charge in [0.2, 0.25) is 0 Å². The molecule has 0 unspecified atom stereocenters. The number of aromatic hydroxyl groups is 1. The quantitative estimate of drug-likeness (QED) is 0.584. The Kier molecular flexibility index (Phi) is 4.12. The Bertz CT molecular complexity index is 642. The van der Waals surface area contributed by atoms with Crippen molar-refractivity contribution in [3.8, 4) is 17.1 Å². The van der Waals surface area contributed by atoms with Crippen LogP contribution in [-0.2, 0) is 0 Å². The molecule has 0 aliphatic heterocycles. The van der Waals surface area contributed by atoms with E-state index in [0.29, 0.717) is 16.9 Å². The zero-order chi connectivity index (χ0) is 14.1. The fraction of sp³-hybridized carbons (Fsp3) is 0.333. The first-order valence-corrected chi connectivity index (χ1v) is 8.13. The van der Waals surface area contributed by atoms with Crippen LogP contribution in [0.2, 0.25) is 5.15 Å². The molecule has 0 saturated heterocycles. The standard InChI is InChI=1S/C15H14ClIN2O/c16-14-12(17)13(9-4-1-2-5-9)18-15(19-14)10-6-3-7-11(20)8-10/h3,6-9,20H,1-2,4-5H2. The Morgan fingerprint density at radius 3 is 2.65 bits per heavy atom. The van der Waals surface area contributed by atoms with Crippen molar-refractivity contribution in [2.24, 2.45) is 0 Å². The van der Waals surface area contributed by atoms with E-state index in [1.165, 1.54) is 25.7 Å². The smallest absolute Gasteiger partial charge is 0.161 e. The van der Waals surface area contributed by atoms with Gasteiger partial charge in [-0.05, 0) is 47.6 Å². The molecule has 1 heterocycles. The molecule has 104 valence electrons. The molecule has 3 rings (SSSR count). The molecular weight excluding hydrogens is 387 g/mol. The van der Waals surface area contributed by atoms with Gasteiger partial charge in [0.05, 0.1) is 9.26 Å². The number of halogens is 2. The molecule has 1 aliphatic rings. The Balaban J connectivity index is 2.08. The Hall–Kier alpha value is -0.880. The second-order valence-corrected chi connectivity index (χ2v) is 6.51. The summed E-state index contributed by atoms with van der Waals surface area (Å²) in [4.78, 5) is 9.06. The van der Waals surface area contributed by atoms with Gasteiger partial charge in [0.15, 0.2) is 5.82 Å². The Morgan fingerprint density at radius 1 is 1.20 bits per heavy atom. The van der Waals surface area contributed by atoms with Gasteiger partial charge in [-0.15, -0.1) is 0 Å². The molecule has 0 bridgehead atoms. The summed E-state index contributed by atoms with van der Waals surface area (Å²) in [5, 5.41) is 10.1. The predicted molar refractivity (Wildman–Crippen MR) is 88.1 cm³/mol. The van der Waals surface area contributed by atoms with Crippen LogP contribution < -0.4 is 0 Å². The molecule has 1 N–H and O–H groups in total. The van der Waals surface area contributed by atoms with Crippen molar-refractivity contribution >= 4 is 34.2 Å². The van der Waals surface area contributed by atoms with E-state index in [9.17, 15) is 5.11 Å². The number of rotatable bonds is 2. The molecule has 0 amide bonds. The monoisotopic (exact) mass is 400 g/mol. The number of hydrogen-bond donors (Lipinski definition) is 1. The van der Waals surface area contributed by atoms with Gasteiger partial charge in [-0.2, -0.15) is 0 Å². The molecule has 1 aliphatic carbocycles. The van der Waals surface area contributed by atoms with E-state index in [2.05, 4.69) is 27.6 Å². The van der Waals surface area contributed by atoms with E-state index in [1.54, 1.807) is 18.2 Å². The van der Waals surface area contributed by atoms with Gasteiger partial charge in [0.1, 0.15) is 10.9 Å². The third-order valence-electron chi connectivity index (χ3n) is 3.68. The summed E-state index contributed by atoms with van der Waals surface area (Å²) >= 11 is 8.50. The molecule has 1 aromatic carbocycles. The highest BCUT2D eigenvalue weighted by Crippen LogP contribution is 2.37. The van der Waals surface area contributed by atoms with Crippen LogP contribution in [0.3, 0.4) is 0 Å². The van der Waals surface area contributed by atoms with E-state index >= 15 is 0 Å². The topological polar surface area (TPSA) is 46.0 Å². The van der Waals surface area contributed by atoms with Gasteiger partial charge in [-0.3, -0.25) is 0 Å². The minimum absolute atomic E-state index is 0.211. The third kappa shape index (κ3) is 2.76. The van der Waals surface area contributed by atoms with Gasteiger partial charge < -0.3 is 5.11 Å². The molecule has 20 heavy (non-hydrogen) atoms. The molecule has 3 nitrogen and oxygen atoms in total. The molecule has 0 radical (unpaired) electrons. The van der Waals surface area contributed by atoms with Crippen LogP contribution >= 0.6 is 34.2 Å². The summed E-state index contributed by atoms with van der Waals surface area (Å²) in [6.45, 7) is 0. The van der Waals surface area contributed by atoms with Crippen molar-refractivity contribution in [1.82, 2.24) is 9.97 Å². The summed E-state index contributed by atoms with van der Waals surface area (Å²) in [5.41, 5.74) is 1.85. The highest BCUT2D eigenvalue weighted by molar-refractivity contribution is 14.1. The van der Waals surface area contributed by atoms with Crippen molar-refractivity contribution in [3.63, 3.8) is 0 Å². The predicted octanol–water partition coefficient (Wildman–Crippen LogP) is 4.76. The second-order valence-electron chi connectivity index (χ2n) is 5.07. The summed E-state index contributed by atoms with van der Waals surface area (Å²) in [5.74, 6) is 1.29. The lowest BCUT2D eigenvalue weighted by Crippen LogP contribution is -2.04. The number of nitrogens with zero attached hydrogens (tertiary/aromatic N) is 2. The molecule has 1 fully saturated rings. The number of phenolic OH excluding ortho intramolecular Hbond substituents is 1. The summed E-state index contributed by atoms with van der Waals surface area (Å²) in [7, 11) is 0. The van der Waals surface area contributed by atoms with Crippen molar-refractivity contribution in [3.05, 3.63) is 38.7 Å². The highest BCUT2D eigenvalue weighted by atomic mass is 127. The lowest BCUT2D eigenvalue weighted by atomic mass is 10.0. The SMILES string of the molecule is Oc1cccc(-c2nc(Cl)c(I)c(C3CCCC3)n2)c1. The van der Waals surface area contributed by atoms with Gasteiger partial charge in [-0.25, -0.2) is 9.97 Å². The molecule has 0 atom stereocenters. The number of aromatic nitrogens is 2. The molecule has 2 aromatic rings. The van der Waals surface area contributed by atoms with Crippen molar-refractivity contribution < 1.29 is 5.11 Å². The maximum atomic E-state index is 9.59. The normalized spacial score (nSPS) is 15.7. The molecule has 1 saturated carbocycles. The molecule has 0 spiro atoms. The highest BCUT2D eigenvalue weighted by Gasteiger charge is 2.23. The number of hydrogen-bond acceptors (Lipinski definition) is 3. The number of benzene rings is 1. The van der Waals surface area contributed by atoms with Crippen LogP contribution in [0.25, 0.3) is 11.4 Å². The van der Waals surface area contributed by atoms with Crippen molar-refractivity contribution in [2.75, 3.05) is 0 Å². The minimum Gasteiger partial charge on any atom is -0.508 e. The van der Waals surface area contributed by atoms with Gasteiger partial charge in [0, 0.05) is 11.5 Å². The second kappa shape index (κ2) is 5.85. The average molecular weight is 401 g/mol. The first kappa shape index (κ1) is 14.1. The maximum absolute atomic E-state index is 9.59. The van der Waals surface area contributed by atoms with Crippen LogP contribution in [0.1, 0.15) is 37.3 Å². The van der Waals surface area contributed by atoms with Crippen molar-refractivity contribution in [1.29, 1.82) is 0 Å². The van der Waals surface area contributed by atoms with Gasteiger partial charge in [0.25, 0.3) is 0 Å². The minimum atomic E-state index is 0.211. The fourth-order valence-electron chi connectivity index (χ4n) is 2.68. The van der Waals surface area contributed by atoms with E-state index in [1.807, 2.05) is 6.07 Å². The van der Waals surface area contributed by atoms with E-state index < -0.39 is 0 Å². The van der Waals surface area contributed by atoms with Crippen LogP contribution in [-0.4, -0.2) is 15.1 Å². The van der Waals surface area contributed by atoms with Crippen LogP contribution in [0.4, 0.5) is 0 Å². The molecule has 1 aromatic heterocycles. The largest absolute Gasteiger partial charge is 0.508 e. The van der Waals surface area contributed by atoms with E-state index in [0.717, 1.165) is 14.8 Å². The molecular formula is C15H14ClIN2O. The zero-order valence-corrected chi connectivity index (χ0v) is 13.7. The van der Waals surface area contributed by atoms with Gasteiger partial charge in [-0.1, -0.05) is 36.6 Å². The lowest BCUT2D eigenvalue weighted by molar-refractivity contribution is 0.475. The zero-order valence-electron chi connectivity index (χ0n) is 10.8. The summed E-state index contributed by atoms with van der Waals surface area (Å²) < 4.78 is 0.958. The first-order valence-electron chi connectivity index (χ1n) is 6.67. The maximum Gasteiger partial charge on any atom is 0.161 e. The summed E-state index contributed by atoms with van der Waals surface area (Å²) in [6.07, 6.45) is 4.85. The fourth-order valence-corrected chi connectivity index (χ4v) is 3.54. The summed E-state index contributed by atoms with van der Waals surface area (Å²) in [6, 6.07) is 6.97. The van der Waals surface area contributed by atoms with Gasteiger partial charge >= 0.3 is 0 Å². The number of phenols is 1. The third-order valence-corrected chi connectivity index (χ3v) is 5.34. The van der Waals surface area contributed by atoms with E-state index in [-0.39, 0.29) is 5.75 Å².